The maximum atomic E-state index is 13.6. The lowest BCUT2D eigenvalue weighted by molar-refractivity contribution is 0.0783. The summed E-state index contributed by atoms with van der Waals surface area (Å²) in [5.41, 5.74) is 3.05. The Hall–Kier alpha value is -2.92. The van der Waals surface area contributed by atoms with Gasteiger partial charge in [-0.05, 0) is 85.6 Å². The highest BCUT2D eigenvalue weighted by Gasteiger charge is 2.24. The second-order valence-electron chi connectivity index (χ2n) is 10.2. The highest BCUT2D eigenvalue weighted by Crippen LogP contribution is 2.31. The molecule has 0 saturated carbocycles. The molecule has 1 amide bonds. The summed E-state index contributed by atoms with van der Waals surface area (Å²) in [7, 11) is 1.90. The van der Waals surface area contributed by atoms with Crippen LogP contribution < -0.4 is 0 Å². The van der Waals surface area contributed by atoms with E-state index in [0.29, 0.717) is 22.5 Å². The molecule has 4 nitrogen and oxygen atoms in total. The number of nitrogens with zero attached hydrogens (tertiary/aromatic N) is 3. The topological polar surface area (TPSA) is 36.4 Å². The number of carbonyl (C=O) groups is 1. The van der Waals surface area contributed by atoms with Crippen LogP contribution in [-0.4, -0.2) is 53.9 Å². The van der Waals surface area contributed by atoms with Crippen LogP contribution in [0.4, 0.5) is 0 Å². The summed E-state index contributed by atoms with van der Waals surface area (Å²) in [5, 5.41) is 3.15. The zero-order chi connectivity index (χ0) is 26.5. The van der Waals surface area contributed by atoms with Gasteiger partial charge in [-0.2, -0.15) is 0 Å². The van der Waals surface area contributed by atoms with E-state index in [2.05, 4.69) is 22.0 Å². The number of halogens is 2. The van der Waals surface area contributed by atoms with Crippen LogP contribution in [0.15, 0.2) is 85.1 Å². The van der Waals surface area contributed by atoms with Crippen molar-refractivity contribution in [3.05, 3.63) is 112 Å². The molecule has 1 aromatic heterocycles. The number of carbonyl (C=O) groups excluding carboxylic acids is 1. The van der Waals surface area contributed by atoms with Crippen molar-refractivity contribution in [1.82, 2.24) is 14.8 Å². The minimum absolute atomic E-state index is 0.0306. The molecule has 38 heavy (non-hydrogen) atoms. The van der Waals surface area contributed by atoms with E-state index in [1.54, 1.807) is 0 Å². The van der Waals surface area contributed by atoms with Crippen molar-refractivity contribution >= 4 is 39.9 Å². The fraction of sp³-hybridized carbons (Fsp3) is 0.312. The predicted octanol–water partition coefficient (Wildman–Crippen LogP) is 7.67. The van der Waals surface area contributed by atoms with Crippen LogP contribution in [0.5, 0.6) is 0 Å². The van der Waals surface area contributed by atoms with Crippen LogP contribution >= 0.6 is 23.2 Å². The molecule has 1 saturated heterocycles. The van der Waals surface area contributed by atoms with Gasteiger partial charge in [-0.3, -0.25) is 9.78 Å². The van der Waals surface area contributed by atoms with E-state index in [0.717, 1.165) is 60.8 Å². The molecule has 1 fully saturated rings. The summed E-state index contributed by atoms with van der Waals surface area (Å²) in [6, 6.07) is 26.0. The highest BCUT2D eigenvalue weighted by atomic mass is 35.5. The largest absolute Gasteiger partial charge is 0.341 e. The van der Waals surface area contributed by atoms with E-state index >= 15 is 0 Å². The summed E-state index contributed by atoms with van der Waals surface area (Å²) in [6.07, 6.45) is 5.06. The first-order valence-electron chi connectivity index (χ1n) is 13.3. The maximum Gasteiger partial charge on any atom is 0.254 e. The van der Waals surface area contributed by atoms with E-state index in [1.165, 1.54) is 5.69 Å². The number of hydrogen-bond acceptors (Lipinski definition) is 3. The van der Waals surface area contributed by atoms with Gasteiger partial charge >= 0.3 is 0 Å². The Balaban J connectivity index is 1.28. The molecule has 0 radical (unpaired) electrons. The van der Waals surface area contributed by atoms with Crippen LogP contribution in [0.3, 0.4) is 0 Å². The van der Waals surface area contributed by atoms with Crippen LogP contribution in [-0.2, 0) is 0 Å². The van der Waals surface area contributed by atoms with E-state index < -0.39 is 0 Å². The number of pyridine rings is 1. The van der Waals surface area contributed by atoms with Gasteiger partial charge in [0.25, 0.3) is 5.91 Å². The van der Waals surface area contributed by atoms with Crippen molar-refractivity contribution < 1.29 is 4.79 Å². The van der Waals surface area contributed by atoms with Crippen LogP contribution in [0.2, 0.25) is 10.0 Å². The van der Waals surface area contributed by atoms with E-state index in [4.69, 9.17) is 23.2 Å². The Labute approximate surface area is 235 Å². The van der Waals surface area contributed by atoms with Gasteiger partial charge in [0, 0.05) is 42.9 Å². The molecular weight excluding hydrogens is 513 g/mol. The molecule has 1 atom stereocenters. The molecule has 1 aliphatic rings. The first-order valence-corrected chi connectivity index (χ1v) is 14.1. The van der Waals surface area contributed by atoms with Gasteiger partial charge in [-0.15, -0.1) is 0 Å². The van der Waals surface area contributed by atoms with Gasteiger partial charge in [-0.1, -0.05) is 71.7 Å². The zero-order valence-electron chi connectivity index (χ0n) is 21.7. The third kappa shape index (κ3) is 6.20. The molecule has 2 heterocycles. The summed E-state index contributed by atoms with van der Waals surface area (Å²) >= 11 is 12.6. The average molecular weight is 547 g/mol. The summed E-state index contributed by atoms with van der Waals surface area (Å²) < 4.78 is 0. The van der Waals surface area contributed by atoms with E-state index in [1.807, 2.05) is 84.9 Å². The second kappa shape index (κ2) is 12.3. The third-order valence-electron chi connectivity index (χ3n) is 7.76. The monoisotopic (exact) mass is 545 g/mol. The van der Waals surface area contributed by atoms with Crippen molar-refractivity contribution in [2.45, 2.75) is 31.1 Å². The molecule has 3 aromatic carbocycles. The first kappa shape index (κ1) is 26.7. The standard InChI is InChI=1S/C32H33Cl2N3O/c1-36(32(38)28-10-6-8-23-7-2-3-9-27(23)28)22-26(25-12-13-29(33)30(34)21-25)16-20-37-18-14-24(15-19-37)31-11-4-5-17-35-31/h2-13,17,21,24,26H,14-16,18-20,22H2,1H3/t26-/m1/s1. The Kier molecular flexibility index (Phi) is 8.63. The van der Waals surface area contributed by atoms with Gasteiger partial charge < -0.3 is 9.80 Å². The Bertz CT molecular complexity index is 1380. The summed E-state index contributed by atoms with van der Waals surface area (Å²) in [6.45, 7) is 3.68. The Morgan fingerprint density at radius 2 is 1.74 bits per heavy atom. The molecule has 6 heteroatoms. The van der Waals surface area contributed by atoms with Crippen molar-refractivity contribution in [3.8, 4) is 0 Å². The van der Waals surface area contributed by atoms with Gasteiger partial charge in [0.15, 0.2) is 0 Å². The van der Waals surface area contributed by atoms with Crippen molar-refractivity contribution in [3.63, 3.8) is 0 Å². The summed E-state index contributed by atoms with van der Waals surface area (Å²) in [4.78, 5) is 22.5. The number of piperidine rings is 1. The average Bonchev–Trinajstić information content (AvgIpc) is 2.96. The third-order valence-corrected chi connectivity index (χ3v) is 8.50. The number of likely N-dealkylation sites (tertiary alicyclic amines) is 1. The molecule has 1 aliphatic heterocycles. The number of amides is 1. The lowest BCUT2D eigenvalue weighted by atomic mass is 9.91. The quantitative estimate of drug-likeness (QED) is 0.228. The maximum absolute atomic E-state index is 13.6. The fourth-order valence-electron chi connectivity index (χ4n) is 5.57. The van der Waals surface area contributed by atoms with Crippen molar-refractivity contribution in [2.75, 3.05) is 33.2 Å². The van der Waals surface area contributed by atoms with Crippen molar-refractivity contribution in [1.29, 1.82) is 0 Å². The Morgan fingerprint density at radius 1 is 0.974 bits per heavy atom. The molecule has 0 unspecified atom stereocenters. The smallest absolute Gasteiger partial charge is 0.254 e. The van der Waals surface area contributed by atoms with Gasteiger partial charge in [-0.25, -0.2) is 0 Å². The number of aromatic nitrogens is 1. The van der Waals surface area contributed by atoms with Gasteiger partial charge in [0.1, 0.15) is 0 Å². The highest BCUT2D eigenvalue weighted by molar-refractivity contribution is 6.42. The van der Waals surface area contributed by atoms with E-state index in [9.17, 15) is 4.79 Å². The zero-order valence-corrected chi connectivity index (χ0v) is 23.2. The number of fused-ring (bicyclic) bond motifs is 1. The number of benzene rings is 3. The summed E-state index contributed by atoms with van der Waals surface area (Å²) in [5.74, 6) is 0.702. The van der Waals surface area contributed by atoms with Gasteiger partial charge in [0.2, 0.25) is 0 Å². The molecular formula is C32H33Cl2N3O. The molecule has 196 valence electrons. The molecule has 0 bridgehead atoms. The number of hydrogen-bond donors (Lipinski definition) is 0. The fourth-order valence-corrected chi connectivity index (χ4v) is 5.88. The van der Waals surface area contributed by atoms with Gasteiger partial charge in [0.05, 0.1) is 10.0 Å². The normalized spacial score (nSPS) is 15.4. The van der Waals surface area contributed by atoms with E-state index in [-0.39, 0.29) is 11.8 Å². The number of likely N-dealkylation sites (N-methyl/N-ethyl adjacent to an activating group) is 1. The minimum Gasteiger partial charge on any atom is -0.341 e. The lowest BCUT2D eigenvalue weighted by Gasteiger charge is -2.33. The van der Waals surface area contributed by atoms with Crippen LogP contribution in [0.25, 0.3) is 10.8 Å². The molecule has 4 aromatic rings. The number of rotatable bonds is 8. The molecule has 0 spiro atoms. The molecule has 0 aliphatic carbocycles. The first-order chi connectivity index (χ1) is 18.5. The Morgan fingerprint density at radius 3 is 2.50 bits per heavy atom. The van der Waals surface area contributed by atoms with Crippen molar-refractivity contribution in [2.24, 2.45) is 0 Å². The van der Waals surface area contributed by atoms with Crippen LogP contribution in [0.1, 0.15) is 52.7 Å². The van der Waals surface area contributed by atoms with Crippen LogP contribution in [0, 0.1) is 0 Å². The SMILES string of the molecule is CN(C[C@@H](CCN1CCC(c2ccccn2)CC1)c1ccc(Cl)c(Cl)c1)C(=O)c1cccc2ccccc12. The second-order valence-corrected chi connectivity index (χ2v) is 11.1. The molecule has 0 N–H and O–H groups in total. The lowest BCUT2D eigenvalue weighted by Crippen LogP contribution is -2.36. The predicted molar refractivity (Wildman–Crippen MR) is 157 cm³/mol. The molecule has 5 rings (SSSR count). The minimum atomic E-state index is 0.0306.